The van der Waals surface area contributed by atoms with Crippen molar-refractivity contribution in [2.24, 2.45) is 0 Å². The number of nitrogens with one attached hydrogen (secondary N) is 2. The summed E-state index contributed by atoms with van der Waals surface area (Å²) in [5, 5.41) is 6.04. The lowest BCUT2D eigenvalue weighted by molar-refractivity contribution is -0.116. The number of amides is 1. The van der Waals surface area contributed by atoms with Gasteiger partial charge in [-0.25, -0.2) is 0 Å². The molecule has 1 heterocycles. The summed E-state index contributed by atoms with van der Waals surface area (Å²) in [4.78, 5) is 11.8. The molecule has 0 aliphatic rings. The van der Waals surface area contributed by atoms with Gasteiger partial charge in [-0.05, 0) is 52.7 Å². The second-order valence-electron chi connectivity index (χ2n) is 4.54. The zero-order valence-electron chi connectivity index (χ0n) is 11.3. The lowest BCUT2D eigenvalue weighted by Gasteiger charge is -2.08. The van der Waals surface area contributed by atoms with Crippen molar-refractivity contribution in [3.05, 3.63) is 52.4 Å². The second-order valence-corrected chi connectivity index (χ2v) is 5.39. The van der Waals surface area contributed by atoms with Crippen LogP contribution < -0.4 is 10.6 Å². The Morgan fingerprint density at radius 3 is 2.90 bits per heavy atom. The molecule has 2 aromatic rings. The fourth-order valence-corrected chi connectivity index (χ4v) is 2.35. The number of rotatable bonds is 6. The second kappa shape index (κ2) is 7.26. The minimum atomic E-state index is -0.0125. The molecule has 1 amide bonds. The molecule has 4 nitrogen and oxygen atoms in total. The van der Waals surface area contributed by atoms with Gasteiger partial charge in [0.1, 0.15) is 5.76 Å². The molecule has 2 N–H and O–H groups in total. The van der Waals surface area contributed by atoms with Crippen LogP contribution in [0.5, 0.6) is 0 Å². The van der Waals surface area contributed by atoms with E-state index in [1.165, 1.54) is 0 Å². The summed E-state index contributed by atoms with van der Waals surface area (Å²) in [6.07, 6.45) is 2.06. The average molecular weight is 337 g/mol. The van der Waals surface area contributed by atoms with E-state index in [0.29, 0.717) is 19.5 Å². The smallest absolute Gasteiger partial charge is 0.225 e. The summed E-state index contributed by atoms with van der Waals surface area (Å²) in [6.45, 7) is 3.25. The number of carbonyl (C=O) groups is 1. The van der Waals surface area contributed by atoms with Gasteiger partial charge in [-0.3, -0.25) is 4.79 Å². The summed E-state index contributed by atoms with van der Waals surface area (Å²) in [7, 11) is 0. The fourth-order valence-electron chi connectivity index (χ4n) is 1.76. The van der Waals surface area contributed by atoms with E-state index in [-0.39, 0.29) is 5.91 Å². The van der Waals surface area contributed by atoms with Crippen LogP contribution in [-0.4, -0.2) is 12.5 Å². The summed E-state index contributed by atoms with van der Waals surface area (Å²) in [5.41, 5.74) is 1.95. The lowest BCUT2D eigenvalue weighted by atomic mass is 10.2. The van der Waals surface area contributed by atoms with E-state index in [4.69, 9.17) is 4.42 Å². The molecule has 2 rings (SSSR count). The molecule has 1 aromatic carbocycles. The molecule has 1 aromatic heterocycles. The standard InChI is InChI=1S/C15H17BrN2O2/c1-11-4-5-14(13(16)9-11)18-15(19)6-7-17-10-12-3-2-8-20-12/h2-5,8-9,17H,6-7,10H2,1H3,(H,18,19). The summed E-state index contributed by atoms with van der Waals surface area (Å²) in [5.74, 6) is 0.855. The molecular weight excluding hydrogens is 320 g/mol. The van der Waals surface area contributed by atoms with Crippen LogP contribution in [0.15, 0.2) is 45.5 Å². The van der Waals surface area contributed by atoms with Crippen molar-refractivity contribution in [3.8, 4) is 0 Å². The Morgan fingerprint density at radius 1 is 1.35 bits per heavy atom. The van der Waals surface area contributed by atoms with Crippen molar-refractivity contribution >= 4 is 27.5 Å². The third kappa shape index (κ3) is 4.51. The minimum Gasteiger partial charge on any atom is -0.468 e. The van der Waals surface area contributed by atoms with Crippen LogP contribution in [0.3, 0.4) is 0 Å². The van der Waals surface area contributed by atoms with Crippen molar-refractivity contribution in [2.45, 2.75) is 19.9 Å². The Balaban J connectivity index is 1.72. The van der Waals surface area contributed by atoms with Crippen LogP contribution in [0.2, 0.25) is 0 Å². The van der Waals surface area contributed by atoms with Crippen LogP contribution in [0, 0.1) is 6.92 Å². The van der Waals surface area contributed by atoms with Crippen LogP contribution in [0.25, 0.3) is 0 Å². The van der Waals surface area contributed by atoms with E-state index in [1.54, 1.807) is 6.26 Å². The first-order valence-corrected chi connectivity index (χ1v) is 7.23. The topological polar surface area (TPSA) is 54.3 Å². The molecule has 0 saturated heterocycles. The zero-order valence-corrected chi connectivity index (χ0v) is 12.9. The van der Waals surface area contributed by atoms with E-state index in [9.17, 15) is 4.79 Å². The molecular formula is C15H17BrN2O2. The first kappa shape index (κ1) is 14.8. The van der Waals surface area contributed by atoms with Gasteiger partial charge < -0.3 is 15.1 Å². The maximum Gasteiger partial charge on any atom is 0.225 e. The Bertz CT molecular complexity index is 567. The SMILES string of the molecule is Cc1ccc(NC(=O)CCNCc2ccco2)c(Br)c1. The summed E-state index contributed by atoms with van der Waals surface area (Å²) < 4.78 is 6.09. The largest absolute Gasteiger partial charge is 0.468 e. The molecule has 20 heavy (non-hydrogen) atoms. The van der Waals surface area contributed by atoms with Crippen molar-refractivity contribution in [1.29, 1.82) is 0 Å². The molecule has 0 spiro atoms. The van der Waals surface area contributed by atoms with Crippen molar-refractivity contribution in [2.75, 3.05) is 11.9 Å². The molecule has 5 heteroatoms. The number of carbonyl (C=O) groups excluding carboxylic acids is 1. The number of hydrogen-bond donors (Lipinski definition) is 2. The highest BCUT2D eigenvalue weighted by Gasteiger charge is 2.05. The van der Waals surface area contributed by atoms with E-state index < -0.39 is 0 Å². The number of hydrogen-bond acceptors (Lipinski definition) is 3. The van der Waals surface area contributed by atoms with E-state index in [0.717, 1.165) is 21.5 Å². The zero-order chi connectivity index (χ0) is 14.4. The highest BCUT2D eigenvalue weighted by atomic mass is 79.9. The van der Waals surface area contributed by atoms with Crippen molar-refractivity contribution < 1.29 is 9.21 Å². The highest BCUT2D eigenvalue weighted by Crippen LogP contribution is 2.23. The Kier molecular flexibility index (Phi) is 5.38. The number of halogens is 1. The van der Waals surface area contributed by atoms with Gasteiger partial charge in [0.25, 0.3) is 0 Å². The van der Waals surface area contributed by atoms with Gasteiger partial charge in [-0.1, -0.05) is 6.07 Å². The summed E-state index contributed by atoms with van der Waals surface area (Å²) >= 11 is 3.44. The maximum absolute atomic E-state index is 11.8. The van der Waals surface area contributed by atoms with E-state index in [2.05, 4.69) is 26.6 Å². The molecule has 0 radical (unpaired) electrons. The third-order valence-electron chi connectivity index (χ3n) is 2.81. The van der Waals surface area contributed by atoms with Gasteiger partial charge in [0.05, 0.1) is 18.5 Å². The molecule has 0 bridgehead atoms. The number of benzene rings is 1. The highest BCUT2D eigenvalue weighted by molar-refractivity contribution is 9.10. The van der Waals surface area contributed by atoms with Gasteiger partial charge in [0.15, 0.2) is 0 Å². The van der Waals surface area contributed by atoms with Gasteiger partial charge in [0, 0.05) is 17.4 Å². The van der Waals surface area contributed by atoms with E-state index >= 15 is 0 Å². The van der Waals surface area contributed by atoms with Crippen LogP contribution in [0.1, 0.15) is 17.7 Å². The van der Waals surface area contributed by atoms with Gasteiger partial charge in [0.2, 0.25) is 5.91 Å². The predicted octanol–water partition coefficient (Wildman–Crippen LogP) is 3.47. The molecule has 106 valence electrons. The third-order valence-corrected chi connectivity index (χ3v) is 3.46. The Hall–Kier alpha value is -1.59. The average Bonchev–Trinajstić information content (AvgIpc) is 2.91. The summed E-state index contributed by atoms with van der Waals surface area (Å²) in [6, 6.07) is 9.59. The lowest BCUT2D eigenvalue weighted by Crippen LogP contribution is -2.21. The first-order valence-electron chi connectivity index (χ1n) is 6.44. The molecule has 0 aliphatic heterocycles. The van der Waals surface area contributed by atoms with Gasteiger partial charge in [-0.2, -0.15) is 0 Å². The van der Waals surface area contributed by atoms with Gasteiger partial charge in [-0.15, -0.1) is 0 Å². The number of aryl methyl sites for hydroxylation is 1. The maximum atomic E-state index is 11.8. The Morgan fingerprint density at radius 2 is 2.20 bits per heavy atom. The molecule has 0 atom stereocenters. The number of anilines is 1. The predicted molar refractivity (Wildman–Crippen MR) is 82.5 cm³/mol. The molecule has 0 unspecified atom stereocenters. The van der Waals surface area contributed by atoms with Crippen molar-refractivity contribution in [1.82, 2.24) is 5.32 Å². The molecule has 0 saturated carbocycles. The van der Waals surface area contributed by atoms with Crippen molar-refractivity contribution in [3.63, 3.8) is 0 Å². The number of furan rings is 1. The normalized spacial score (nSPS) is 10.5. The molecule has 0 fully saturated rings. The van der Waals surface area contributed by atoms with Crippen LogP contribution in [0.4, 0.5) is 5.69 Å². The molecule has 0 aliphatic carbocycles. The quantitative estimate of drug-likeness (QED) is 0.794. The monoisotopic (exact) mass is 336 g/mol. The fraction of sp³-hybridized carbons (Fsp3) is 0.267. The Labute approximate surface area is 126 Å². The minimum absolute atomic E-state index is 0.0125. The van der Waals surface area contributed by atoms with Gasteiger partial charge >= 0.3 is 0 Å². The van der Waals surface area contributed by atoms with E-state index in [1.807, 2.05) is 37.3 Å². The first-order chi connectivity index (χ1) is 9.65. The van der Waals surface area contributed by atoms with Crippen LogP contribution >= 0.6 is 15.9 Å². The van der Waals surface area contributed by atoms with Crippen LogP contribution in [-0.2, 0) is 11.3 Å².